The highest BCUT2D eigenvalue weighted by atomic mass is 16.4. The highest BCUT2D eigenvalue weighted by molar-refractivity contribution is 5.85. The molecule has 0 saturated heterocycles. The fourth-order valence-electron chi connectivity index (χ4n) is 1.53. The molecule has 0 aliphatic rings. The van der Waals surface area contributed by atoms with Gasteiger partial charge in [-0.15, -0.1) is 0 Å². The van der Waals surface area contributed by atoms with Crippen molar-refractivity contribution in [3.8, 4) is 0 Å². The summed E-state index contributed by atoms with van der Waals surface area (Å²) in [4.78, 5) is 10.5. The lowest BCUT2D eigenvalue weighted by molar-refractivity contribution is -0.132. The standard InChI is InChI=1S/C12H22O2/c1-4-6-7-11(5-2)9-8-10(3)12(13)14/h11H,3-9H2,1-2H3,(H,13,14)/t11-/m0/s1. The summed E-state index contributed by atoms with van der Waals surface area (Å²) >= 11 is 0. The topological polar surface area (TPSA) is 37.3 Å². The van der Waals surface area contributed by atoms with Crippen LogP contribution in [0.1, 0.15) is 52.4 Å². The predicted molar refractivity (Wildman–Crippen MR) is 59.3 cm³/mol. The molecule has 1 N–H and O–H groups in total. The van der Waals surface area contributed by atoms with Gasteiger partial charge in [-0.2, -0.15) is 0 Å². The van der Waals surface area contributed by atoms with E-state index >= 15 is 0 Å². The lowest BCUT2D eigenvalue weighted by Crippen LogP contribution is -2.04. The molecule has 0 spiro atoms. The molecular weight excluding hydrogens is 176 g/mol. The van der Waals surface area contributed by atoms with Crippen LogP contribution in [0.25, 0.3) is 0 Å². The van der Waals surface area contributed by atoms with Gasteiger partial charge in [0.2, 0.25) is 0 Å². The predicted octanol–water partition coefficient (Wildman–Crippen LogP) is 3.62. The highest BCUT2D eigenvalue weighted by Crippen LogP contribution is 2.20. The van der Waals surface area contributed by atoms with Crippen molar-refractivity contribution < 1.29 is 9.90 Å². The zero-order chi connectivity index (χ0) is 11.0. The second kappa shape index (κ2) is 7.60. The summed E-state index contributed by atoms with van der Waals surface area (Å²) in [5, 5.41) is 8.64. The minimum Gasteiger partial charge on any atom is -0.478 e. The van der Waals surface area contributed by atoms with Crippen molar-refractivity contribution in [2.45, 2.75) is 52.4 Å². The molecule has 0 heterocycles. The van der Waals surface area contributed by atoms with E-state index < -0.39 is 5.97 Å². The molecule has 0 saturated carbocycles. The van der Waals surface area contributed by atoms with Crippen LogP contribution in [-0.4, -0.2) is 11.1 Å². The van der Waals surface area contributed by atoms with Crippen LogP contribution >= 0.6 is 0 Å². The summed E-state index contributed by atoms with van der Waals surface area (Å²) in [5.41, 5.74) is 0.347. The first-order chi connectivity index (χ1) is 6.61. The summed E-state index contributed by atoms with van der Waals surface area (Å²) in [5.74, 6) is -0.179. The van der Waals surface area contributed by atoms with Crippen molar-refractivity contribution in [2.75, 3.05) is 0 Å². The normalized spacial score (nSPS) is 12.4. The van der Waals surface area contributed by atoms with E-state index in [1.54, 1.807) is 0 Å². The summed E-state index contributed by atoms with van der Waals surface area (Å²) in [6.07, 6.45) is 6.44. The molecule has 0 bridgehead atoms. The number of carbonyl (C=O) groups is 1. The van der Waals surface area contributed by atoms with Crippen LogP contribution in [0.2, 0.25) is 0 Å². The Morgan fingerprint density at radius 3 is 2.43 bits per heavy atom. The van der Waals surface area contributed by atoms with E-state index in [1.807, 2.05) is 0 Å². The lowest BCUT2D eigenvalue weighted by Gasteiger charge is -2.13. The molecule has 2 nitrogen and oxygen atoms in total. The molecule has 0 radical (unpaired) electrons. The number of carboxylic acids is 1. The molecule has 0 aliphatic carbocycles. The van der Waals surface area contributed by atoms with Gasteiger partial charge in [-0.1, -0.05) is 46.1 Å². The second-order valence-corrected chi connectivity index (χ2v) is 3.86. The van der Waals surface area contributed by atoms with Crippen molar-refractivity contribution >= 4 is 5.97 Å². The maximum atomic E-state index is 10.5. The summed E-state index contributed by atoms with van der Waals surface area (Å²) in [6.45, 7) is 7.90. The van der Waals surface area contributed by atoms with Crippen molar-refractivity contribution in [3.63, 3.8) is 0 Å². The molecule has 82 valence electrons. The molecule has 0 amide bonds. The zero-order valence-electron chi connectivity index (χ0n) is 9.38. The van der Waals surface area contributed by atoms with Crippen molar-refractivity contribution in [3.05, 3.63) is 12.2 Å². The van der Waals surface area contributed by atoms with E-state index in [4.69, 9.17) is 5.11 Å². The van der Waals surface area contributed by atoms with E-state index in [9.17, 15) is 4.79 Å². The summed E-state index contributed by atoms with van der Waals surface area (Å²) in [6, 6.07) is 0. The Labute approximate surface area is 87.0 Å². The van der Waals surface area contributed by atoms with Crippen molar-refractivity contribution in [1.29, 1.82) is 0 Å². The number of unbranched alkanes of at least 4 members (excludes halogenated alkanes) is 1. The molecule has 0 fully saturated rings. The van der Waals surface area contributed by atoms with E-state index in [2.05, 4.69) is 20.4 Å². The van der Waals surface area contributed by atoms with E-state index in [0.29, 0.717) is 17.9 Å². The monoisotopic (exact) mass is 198 g/mol. The van der Waals surface area contributed by atoms with Gasteiger partial charge >= 0.3 is 5.97 Å². The number of carboxylic acid groups (broad SMARTS) is 1. The van der Waals surface area contributed by atoms with Gasteiger partial charge in [-0.25, -0.2) is 4.79 Å². The maximum Gasteiger partial charge on any atom is 0.330 e. The molecule has 0 aromatic rings. The van der Waals surface area contributed by atoms with Gasteiger partial charge in [-0.05, 0) is 18.8 Å². The second-order valence-electron chi connectivity index (χ2n) is 3.86. The molecule has 2 heteroatoms. The summed E-state index contributed by atoms with van der Waals surface area (Å²) in [7, 11) is 0. The number of hydrogen-bond acceptors (Lipinski definition) is 1. The largest absolute Gasteiger partial charge is 0.478 e. The smallest absolute Gasteiger partial charge is 0.330 e. The van der Waals surface area contributed by atoms with Gasteiger partial charge in [-0.3, -0.25) is 0 Å². The molecule has 14 heavy (non-hydrogen) atoms. The quantitative estimate of drug-likeness (QED) is 0.605. The first kappa shape index (κ1) is 13.2. The Balaban J connectivity index is 3.71. The zero-order valence-corrected chi connectivity index (χ0v) is 9.38. The van der Waals surface area contributed by atoms with Gasteiger partial charge in [0, 0.05) is 5.57 Å². The summed E-state index contributed by atoms with van der Waals surface area (Å²) < 4.78 is 0. The van der Waals surface area contributed by atoms with Crippen LogP contribution in [0.15, 0.2) is 12.2 Å². The molecule has 0 rings (SSSR count). The average molecular weight is 198 g/mol. The fourth-order valence-corrected chi connectivity index (χ4v) is 1.53. The Kier molecular flexibility index (Phi) is 7.17. The third kappa shape index (κ3) is 5.79. The van der Waals surface area contributed by atoms with E-state index in [-0.39, 0.29) is 0 Å². The Hall–Kier alpha value is -0.790. The van der Waals surface area contributed by atoms with Crippen LogP contribution in [0.4, 0.5) is 0 Å². The molecule has 0 aromatic heterocycles. The van der Waals surface area contributed by atoms with Gasteiger partial charge in [0.1, 0.15) is 0 Å². The number of aliphatic carboxylic acids is 1. The van der Waals surface area contributed by atoms with Crippen LogP contribution in [0.5, 0.6) is 0 Å². The van der Waals surface area contributed by atoms with Crippen LogP contribution in [-0.2, 0) is 4.79 Å². The van der Waals surface area contributed by atoms with Gasteiger partial charge in [0.05, 0.1) is 0 Å². The van der Waals surface area contributed by atoms with Crippen LogP contribution in [0, 0.1) is 5.92 Å². The van der Waals surface area contributed by atoms with Gasteiger partial charge < -0.3 is 5.11 Å². The molecule has 0 aromatic carbocycles. The first-order valence-electron chi connectivity index (χ1n) is 5.52. The van der Waals surface area contributed by atoms with E-state index in [0.717, 1.165) is 12.8 Å². The van der Waals surface area contributed by atoms with Gasteiger partial charge in [0.25, 0.3) is 0 Å². The van der Waals surface area contributed by atoms with Crippen LogP contribution < -0.4 is 0 Å². The minimum absolute atomic E-state index is 0.347. The molecular formula is C12H22O2. The minimum atomic E-state index is -0.852. The molecule has 0 aliphatic heterocycles. The van der Waals surface area contributed by atoms with Crippen molar-refractivity contribution in [1.82, 2.24) is 0 Å². The van der Waals surface area contributed by atoms with Crippen LogP contribution in [0.3, 0.4) is 0 Å². The SMILES string of the molecule is C=C(CC[C@@H](CC)CCCC)C(=O)O. The fraction of sp³-hybridized carbons (Fsp3) is 0.750. The third-order valence-electron chi connectivity index (χ3n) is 2.70. The third-order valence-corrected chi connectivity index (χ3v) is 2.70. The van der Waals surface area contributed by atoms with Crippen molar-refractivity contribution in [2.24, 2.45) is 5.92 Å². The Morgan fingerprint density at radius 2 is 2.00 bits per heavy atom. The highest BCUT2D eigenvalue weighted by Gasteiger charge is 2.09. The lowest BCUT2D eigenvalue weighted by atomic mass is 9.93. The molecule has 1 atom stereocenters. The number of hydrogen-bond donors (Lipinski definition) is 1. The Morgan fingerprint density at radius 1 is 1.36 bits per heavy atom. The maximum absolute atomic E-state index is 10.5. The molecule has 0 unspecified atom stereocenters. The van der Waals surface area contributed by atoms with Gasteiger partial charge in [0.15, 0.2) is 0 Å². The first-order valence-corrected chi connectivity index (χ1v) is 5.52. The average Bonchev–Trinajstić information content (AvgIpc) is 2.17. The Bertz CT molecular complexity index is 185. The van der Waals surface area contributed by atoms with E-state index in [1.165, 1.54) is 19.3 Å². The number of rotatable bonds is 8.